The third kappa shape index (κ3) is 3.34. The molecule has 2 aromatic rings. The van der Waals surface area contributed by atoms with Gasteiger partial charge in [0.15, 0.2) is 0 Å². The third-order valence-electron chi connectivity index (χ3n) is 3.35. The zero-order valence-electron chi connectivity index (χ0n) is 12.8. The molecule has 0 spiro atoms. The summed E-state index contributed by atoms with van der Waals surface area (Å²) in [4.78, 5) is 14.3. The minimum Gasteiger partial charge on any atom is -0.507 e. The molecule has 0 radical (unpaired) electrons. The molecule has 0 aliphatic heterocycles. The molecule has 2 aromatic carbocycles. The number of carbonyl (C=O) groups excluding carboxylic acids is 1. The van der Waals surface area contributed by atoms with E-state index < -0.39 is 0 Å². The second kappa shape index (κ2) is 5.87. The number of carbonyl (C=O) groups is 1. The van der Waals surface area contributed by atoms with Gasteiger partial charge in [-0.05, 0) is 43.7 Å². The van der Waals surface area contributed by atoms with Crippen molar-refractivity contribution in [1.29, 1.82) is 0 Å². The first kappa shape index (κ1) is 14.9. The predicted molar refractivity (Wildman–Crippen MR) is 86.3 cm³/mol. The Morgan fingerprint density at radius 2 is 1.81 bits per heavy atom. The molecular formula is C17H20N2O2. The standard InChI is InChI=1S/C17H20N2O2/c1-11-5-8-16(20)14(9-11)17(21)18-13-7-6-12(2)15(10-13)19(3)4/h5-10,20H,1-4H3,(H,18,21). The molecule has 0 saturated carbocycles. The highest BCUT2D eigenvalue weighted by molar-refractivity contribution is 6.06. The quantitative estimate of drug-likeness (QED) is 0.909. The SMILES string of the molecule is Cc1ccc(O)c(C(=O)Nc2ccc(C)c(N(C)C)c2)c1. The molecule has 2 rings (SSSR count). The number of nitrogens with one attached hydrogen (secondary N) is 1. The summed E-state index contributed by atoms with van der Waals surface area (Å²) in [5.74, 6) is -0.331. The molecule has 0 aliphatic rings. The summed E-state index contributed by atoms with van der Waals surface area (Å²) >= 11 is 0. The number of rotatable bonds is 3. The van der Waals surface area contributed by atoms with Crippen LogP contribution in [0, 0.1) is 13.8 Å². The molecule has 110 valence electrons. The topological polar surface area (TPSA) is 52.6 Å². The first-order valence-electron chi connectivity index (χ1n) is 6.77. The number of hydrogen-bond acceptors (Lipinski definition) is 3. The summed E-state index contributed by atoms with van der Waals surface area (Å²) in [6.45, 7) is 3.90. The van der Waals surface area contributed by atoms with Crippen LogP contribution >= 0.6 is 0 Å². The zero-order chi connectivity index (χ0) is 15.6. The van der Waals surface area contributed by atoms with E-state index in [9.17, 15) is 9.90 Å². The van der Waals surface area contributed by atoms with Gasteiger partial charge in [0.25, 0.3) is 5.91 Å². The molecule has 0 saturated heterocycles. The van der Waals surface area contributed by atoms with Crippen molar-refractivity contribution in [2.75, 3.05) is 24.3 Å². The Bertz CT molecular complexity index is 678. The molecule has 0 bridgehead atoms. The molecule has 0 atom stereocenters. The van der Waals surface area contributed by atoms with Crippen molar-refractivity contribution in [3.8, 4) is 5.75 Å². The van der Waals surface area contributed by atoms with Crippen LogP contribution in [0.15, 0.2) is 36.4 Å². The predicted octanol–water partition coefficient (Wildman–Crippen LogP) is 3.33. The summed E-state index contributed by atoms with van der Waals surface area (Å²) in [7, 11) is 3.92. The van der Waals surface area contributed by atoms with Gasteiger partial charge in [-0.1, -0.05) is 17.7 Å². The minimum atomic E-state index is -0.315. The van der Waals surface area contributed by atoms with Crippen molar-refractivity contribution in [3.05, 3.63) is 53.1 Å². The van der Waals surface area contributed by atoms with E-state index in [-0.39, 0.29) is 17.2 Å². The van der Waals surface area contributed by atoms with Crippen LogP contribution in [0.3, 0.4) is 0 Å². The normalized spacial score (nSPS) is 10.3. The number of amides is 1. The minimum absolute atomic E-state index is 0.0157. The van der Waals surface area contributed by atoms with Gasteiger partial charge in [-0.3, -0.25) is 4.79 Å². The molecule has 1 amide bonds. The molecule has 0 fully saturated rings. The van der Waals surface area contributed by atoms with Gasteiger partial charge < -0.3 is 15.3 Å². The summed E-state index contributed by atoms with van der Waals surface area (Å²) in [6.07, 6.45) is 0. The molecular weight excluding hydrogens is 264 g/mol. The highest BCUT2D eigenvalue weighted by Gasteiger charge is 2.12. The highest BCUT2D eigenvalue weighted by atomic mass is 16.3. The fourth-order valence-electron chi connectivity index (χ4n) is 2.20. The summed E-state index contributed by atoms with van der Waals surface area (Å²) in [6, 6.07) is 10.7. The number of anilines is 2. The van der Waals surface area contributed by atoms with Crippen LogP contribution in [-0.4, -0.2) is 25.1 Å². The number of aromatic hydroxyl groups is 1. The first-order valence-corrected chi connectivity index (χ1v) is 6.77. The Balaban J connectivity index is 2.27. The Labute approximate surface area is 125 Å². The first-order chi connectivity index (χ1) is 9.88. The molecule has 0 heterocycles. The number of aryl methyl sites for hydroxylation is 2. The fourth-order valence-corrected chi connectivity index (χ4v) is 2.20. The van der Waals surface area contributed by atoms with E-state index in [1.54, 1.807) is 12.1 Å². The zero-order valence-corrected chi connectivity index (χ0v) is 12.8. The molecule has 0 unspecified atom stereocenters. The van der Waals surface area contributed by atoms with Crippen molar-refractivity contribution in [2.45, 2.75) is 13.8 Å². The number of benzene rings is 2. The second-order valence-electron chi connectivity index (χ2n) is 5.37. The highest BCUT2D eigenvalue weighted by Crippen LogP contribution is 2.24. The van der Waals surface area contributed by atoms with Gasteiger partial charge in [0.1, 0.15) is 5.75 Å². The van der Waals surface area contributed by atoms with Crippen molar-refractivity contribution in [1.82, 2.24) is 0 Å². The number of nitrogens with zero attached hydrogens (tertiary/aromatic N) is 1. The number of phenolic OH excluding ortho intramolecular Hbond substituents is 1. The van der Waals surface area contributed by atoms with Crippen molar-refractivity contribution >= 4 is 17.3 Å². The molecule has 21 heavy (non-hydrogen) atoms. The van der Waals surface area contributed by atoms with Gasteiger partial charge in [-0.25, -0.2) is 0 Å². The summed E-state index contributed by atoms with van der Waals surface area (Å²) < 4.78 is 0. The molecule has 0 aromatic heterocycles. The van der Waals surface area contributed by atoms with Gasteiger partial charge in [0.2, 0.25) is 0 Å². The average molecular weight is 284 g/mol. The van der Waals surface area contributed by atoms with Crippen molar-refractivity contribution in [3.63, 3.8) is 0 Å². The maximum Gasteiger partial charge on any atom is 0.259 e. The smallest absolute Gasteiger partial charge is 0.259 e. The number of phenols is 1. The monoisotopic (exact) mass is 284 g/mol. The summed E-state index contributed by atoms with van der Waals surface area (Å²) in [5, 5.41) is 12.6. The van der Waals surface area contributed by atoms with Gasteiger partial charge in [0, 0.05) is 25.5 Å². The van der Waals surface area contributed by atoms with Crippen LogP contribution < -0.4 is 10.2 Å². The van der Waals surface area contributed by atoms with Crippen LogP contribution in [-0.2, 0) is 0 Å². The Hall–Kier alpha value is -2.49. The lowest BCUT2D eigenvalue weighted by molar-refractivity contribution is 0.102. The van der Waals surface area contributed by atoms with E-state index in [1.165, 1.54) is 6.07 Å². The lowest BCUT2D eigenvalue weighted by Gasteiger charge is -2.17. The van der Waals surface area contributed by atoms with Gasteiger partial charge in [-0.15, -0.1) is 0 Å². The van der Waals surface area contributed by atoms with Crippen LogP contribution in [0.25, 0.3) is 0 Å². The van der Waals surface area contributed by atoms with E-state index in [1.807, 2.05) is 51.0 Å². The summed E-state index contributed by atoms with van der Waals surface area (Å²) in [5.41, 5.74) is 4.09. The second-order valence-corrected chi connectivity index (χ2v) is 5.37. The van der Waals surface area contributed by atoms with Gasteiger partial charge in [0.05, 0.1) is 5.56 Å². The average Bonchev–Trinajstić information content (AvgIpc) is 2.43. The van der Waals surface area contributed by atoms with Crippen LogP contribution in [0.5, 0.6) is 5.75 Å². The van der Waals surface area contributed by atoms with Crippen molar-refractivity contribution in [2.24, 2.45) is 0 Å². The van der Waals surface area contributed by atoms with Crippen molar-refractivity contribution < 1.29 is 9.90 Å². The van der Waals surface area contributed by atoms with E-state index in [0.29, 0.717) is 5.69 Å². The maximum atomic E-state index is 12.3. The lowest BCUT2D eigenvalue weighted by Crippen LogP contribution is -2.14. The van der Waals surface area contributed by atoms with Gasteiger partial charge >= 0.3 is 0 Å². The maximum absolute atomic E-state index is 12.3. The molecule has 0 aliphatic carbocycles. The number of hydrogen-bond donors (Lipinski definition) is 2. The van der Waals surface area contributed by atoms with E-state index in [2.05, 4.69) is 5.32 Å². The molecule has 4 heteroatoms. The van der Waals surface area contributed by atoms with Crippen LogP contribution in [0.1, 0.15) is 21.5 Å². The van der Waals surface area contributed by atoms with Crippen LogP contribution in [0.4, 0.5) is 11.4 Å². The molecule has 2 N–H and O–H groups in total. The third-order valence-corrected chi connectivity index (χ3v) is 3.35. The fraction of sp³-hybridized carbons (Fsp3) is 0.235. The van der Waals surface area contributed by atoms with Crippen LogP contribution in [0.2, 0.25) is 0 Å². The lowest BCUT2D eigenvalue weighted by atomic mass is 10.1. The molecule has 4 nitrogen and oxygen atoms in total. The van der Waals surface area contributed by atoms with Gasteiger partial charge in [-0.2, -0.15) is 0 Å². The largest absolute Gasteiger partial charge is 0.507 e. The Morgan fingerprint density at radius 1 is 1.10 bits per heavy atom. The Kier molecular flexibility index (Phi) is 4.17. The van der Waals surface area contributed by atoms with E-state index in [0.717, 1.165) is 16.8 Å². The Morgan fingerprint density at radius 3 is 2.48 bits per heavy atom. The van der Waals surface area contributed by atoms with E-state index in [4.69, 9.17) is 0 Å². The van der Waals surface area contributed by atoms with E-state index >= 15 is 0 Å².